The Bertz CT molecular complexity index is 1830. The first kappa shape index (κ1) is 42.3. The molecule has 8 atom stereocenters. The van der Waals surface area contributed by atoms with E-state index in [1.165, 1.54) is 66.9 Å². The quantitative estimate of drug-likeness (QED) is 0.106. The Morgan fingerprint density at radius 3 is 1.09 bits per heavy atom. The molecule has 2 fully saturated rings. The van der Waals surface area contributed by atoms with Crippen LogP contribution in [0.15, 0.2) is 60.7 Å². The molecule has 314 valence electrons. The van der Waals surface area contributed by atoms with Gasteiger partial charge in [-0.1, -0.05) is 12.1 Å². The van der Waals surface area contributed by atoms with E-state index in [2.05, 4.69) is 0 Å². The van der Waals surface area contributed by atoms with Gasteiger partial charge in [0.2, 0.25) is 11.5 Å². The van der Waals surface area contributed by atoms with Crippen molar-refractivity contribution in [3.8, 4) is 57.5 Å². The van der Waals surface area contributed by atoms with Gasteiger partial charge in [0.1, 0.15) is 24.4 Å². The van der Waals surface area contributed by atoms with Crippen molar-refractivity contribution in [3.63, 3.8) is 0 Å². The topological polar surface area (TPSA) is 214 Å². The highest BCUT2D eigenvalue weighted by Gasteiger charge is 2.45. The van der Waals surface area contributed by atoms with Gasteiger partial charge in [0.05, 0.1) is 81.3 Å². The molecule has 16 nitrogen and oxygen atoms in total. The molecule has 16 heteroatoms. The largest absolute Gasteiger partial charge is 0.504 e. The van der Waals surface area contributed by atoms with Gasteiger partial charge in [0.15, 0.2) is 46.0 Å². The van der Waals surface area contributed by atoms with E-state index in [4.69, 9.17) is 47.4 Å². The number of phenols is 4. The van der Waals surface area contributed by atoms with Crippen LogP contribution in [0.4, 0.5) is 0 Å². The Labute approximate surface area is 335 Å². The Kier molecular flexibility index (Phi) is 13.5. The normalized spacial score (nSPS) is 23.4. The number of methoxy groups -OCH3 is 6. The van der Waals surface area contributed by atoms with E-state index in [0.717, 1.165) is 0 Å². The molecular formula is C42H50O16. The van der Waals surface area contributed by atoms with Crippen molar-refractivity contribution >= 4 is 0 Å². The maximum absolute atomic E-state index is 11.6. The van der Waals surface area contributed by atoms with Gasteiger partial charge >= 0.3 is 0 Å². The third kappa shape index (κ3) is 8.57. The van der Waals surface area contributed by atoms with Crippen molar-refractivity contribution in [1.29, 1.82) is 0 Å². The summed E-state index contributed by atoms with van der Waals surface area (Å²) in [4.78, 5) is 0. The number of aromatic hydroxyl groups is 4. The fraction of sp³-hybridized carbons (Fsp3) is 0.429. The molecule has 6 rings (SSSR count). The third-order valence-electron chi connectivity index (χ3n) is 10.7. The maximum atomic E-state index is 11.6. The van der Waals surface area contributed by atoms with Gasteiger partial charge in [0, 0.05) is 11.8 Å². The van der Waals surface area contributed by atoms with E-state index in [-0.39, 0.29) is 83.9 Å². The number of ether oxygens (including phenoxy) is 10. The zero-order chi connectivity index (χ0) is 41.7. The highest BCUT2D eigenvalue weighted by molar-refractivity contribution is 5.55. The van der Waals surface area contributed by atoms with Crippen LogP contribution in [0.3, 0.4) is 0 Å². The molecule has 0 amide bonds. The first-order chi connectivity index (χ1) is 28.0. The van der Waals surface area contributed by atoms with E-state index in [9.17, 15) is 30.6 Å². The van der Waals surface area contributed by atoms with E-state index in [1.54, 1.807) is 36.4 Å². The van der Waals surface area contributed by atoms with Crippen molar-refractivity contribution in [3.05, 3.63) is 82.9 Å². The van der Waals surface area contributed by atoms with Crippen LogP contribution in [0, 0.1) is 11.8 Å². The monoisotopic (exact) mass is 810 g/mol. The molecule has 0 bridgehead atoms. The zero-order valence-corrected chi connectivity index (χ0v) is 33.0. The van der Waals surface area contributed by atoms with Crippen molar-refractivity contribution in [2.75, 3.05) is 69.1 Å². The number of aliphatic hydroxyl groups excluding tert-OH is 2. The molecule has 0 unspecified atom stereocenters. The maximum Gasteiger partial charge on any atom is 0.200 e. The van der Waals surface area contributed by atoms with Crippen molar-refractivity contribution < 1.29 is 78.0 Å². The summed E-state index contributed by atoms with van der Waals surface area (Å²) < 4.78 is 59.0. The molecule has 2 saturated heterocycles. The smallest absolute Gasteiger partial charge is 0.200 e. The first-order valence-corrected chi connectivity index (χ1v) is 18.4. The van der Waals surface area contributed by atoms with Crippen LogP contribution in [-0.4, -0.2) is 112 Å². The predicted octanol–water partition coefficient (Wildman–Crippen LogP) is 4.87. The second-order valence-electron chi connectivity index (χ2n) is 13.9. The SMILES string of the molecule is COc1cc([C@@H](O)[C@@H]2CO[C@H](c3cc(OC)c(O)c(OC)c3)[C@H]([C@H]3CO[C@@H]([C@@H](O)c4ccc(O)c(OC)c4)CO[C@@H]3c3cc(OC)c(O)c(OC)c3)CO2)ccc1O. The van der Waals surface area contributed by atoms with Crippen molar-refractivity contribution in [2.45, 2.75) is 36.6 Å². The van der Waals surface area contributed by atoms with Gasteiger partial charge in [-0.25, -0.2) is 0 Å². The summed E-state index contributed by atoms with van der Waals surface area (Å²) >= 11 is 0. The van der Waals surface area contributed by atoms with Crippen LogP contribution in [0.5, 0.6) is 57.5 Å². The Hall–Kier alpha value is -5.36. The second kappa shape index (κ2) is 18.5. The van der Waals surface area contributed by atoms with E-state index in [1.807, 2.05) is 0 Å². The number of benzene rings is 4. The van der Waals surface area contributed by atoms with E-state index in [0.29, 0.717) is 22.3 Å². The van der Waals surface area contributed by atoms with Gasteiger partial charge in [-0.3, -0.25) is 0 Å². The summed E-state index contributed by atoms with van der Waals surface area (Å²) in [6, 6.07) is 15.5. The number of hydrogen-bond acceptors (Lipinski definition) is 16. The van der Waals surface area contributed by atoms with E-state index >= 15 is 0 Å². The first-order valence-electron chi connectivity index (χ1n) is 18.4. The lowest BCUT2D eigenvalue weighted by atomic mass is 9.79. The molecule has 0 spiro atoms. The molecule has 0 saturated carbocycles. The molecule has 2 heterocycles. The van der Waals surface area contributed by atoms with Crippen molar-refractivity contribution in [2.24, 2.45) is 11.8 Å². The molecule has 0 aromatic heterocycles. The van der Waals surface area contributed by atoms with Gasteiger partial charge in [0.25, 0.3) is 0 Å². The summed E-state index contributed by atoms with van der Waals surface area (Å²) in [6.45, 7) is -0.284. The number of hydrogen-bond donors (Lipinski definition) is 6. The number of aliphatic hydroxyl groups is 2. The molecule has 2 aliphatic heterocycles. The Morgan fingerprint density at radius 1 is 0.448 bits per heavy atom. The minimum atomic E-state index is -1.22. The average Bonchev–Trinajstić information content (AvgIpc) is 3.61. The standard InChI is InChI=1S/C42H50O16/c1-49-29-11-21(7-9-27(29)43)37(45)35-19-57-41(23-13-31(51-3)39(47)32(14-23)52-4)25(17-55-35)26-18-56-36(38(46)22-8-10-28(44)30(12-22)50-2)20-58-42(26)24-15-33(53-5)40(48)34(16-24)54-6/h7-16,25-26,35-38,41-48H,17-20H2,1-6H3/t25-,26+,35-,36+,37+,38-,41-,42-/m1/s1. The van der Waals surface area contributed by atoms with Crippen LogP contribution in [-0.2, 0) is 18.9 Å². The molecular weight excluding hydrogens is 760 g/mol. The van der Waals surface area contributed by atoms with Gasteiger partial charge < -0.3 is 78.0 Å². The van der Waals surface area contributed by atoms with Gasteiger partial charge in [-0.05, 0) is 70.8 Å². The number of phenolic OH excluding ortho intramolecular Hbond substituents is 4. The van der Waals surface area contributed by atoms with Gasteiger partial charge in [-0.15, -0.1) is 0 Å². The molecule has 0 aliphatic carbocycles. The molecule has 4 aromatic rings. The van der Waals surface area contributed by atoms with Crippen LogP contribution >= 0.6 is 0 Å². The highest BCUT2D eigenvalue weighted by atomic mass is 16.6. The predicted molar refractivity (Wildman–Crippen MR) is 206 cm³/mol. The summed E-state index contributed by atoms with van der Waals surface area (Å²) in [5.41, 5.74) is 1.91. The van der Waals surface area contributed by atoms with Crippen LogP contribution in [0.1, 0.15) is 46.7 Å². The average molecular weight is 811 g/mol. The molecule has 6 N–H and O–H groups in total. The minimum Gasteiger partial charge on any atom is -0.504 e. The van der Waals surface area contributed by atoms with Crippen LogP contribution in [0.2, 0.25) is 0 Å². The lowest BCUT2D eigenvalue weighted by molar-refractivity contribution is -0.0655. The van der Waals surface area contributed by atoms with Gasteiger partial charge in [-0.2, -0.15) is 0 Å². The lowest BCUT2D eigenvalue weighted by Crippen LogP contribution is -2.34. The summed E-state index contributed by atoms with van der Waals surface area (Å²) in [7, 11) is 8.46. The minimum absolute atomic E-state index is 0.0320. The summed E-state index contributed by atoms with van der Waals surface area (Å²) in [5, 5.41) is 65.4. The molecule has 58 heavy (non-hydrogen) atoms. The molecule has 2 aliphatic rings. The number of rotatable bonds is 13. The second-order valence-corrected chi connectivity index (χ2v) is 13.9. The fourth-order valence-corrected chi connectivity index (χ4v) is 7.47. The Morgan fingerprint density at radius 2 is 0.776 bits per heavy atom. The molecule has 0 radical (unpaired) electrons. The summed E-state index contributed by atoms with van der Waals surface area (Å²) in [6.07, 6.45) is -5.94. The Balaban J connectivity index is 1.45. The van der Waals surface area contributed by atoms with E-state index < -0.39 is 48.5 Å². The van der Waals surface area contributed by atoms with Crippen LogP contribution < -0.4 is 28.4 Å². The highest BCUT2D eigenvalue weighted by Crippen LogP contribution is 2.49. The third-order valence-corrected chi connectivity index (χ3v) is 10.7. The fourth-order valence-electron chi connectivity index (χ4n) is 7.47. The zero-order valence-electron chi connectivity index (χ0n) is 33.0. The van der Waals surface area contributed by atoms with Crippen molar-refractivity contribution in [1.82, 2.24) is 0 Å². The molecule has 4 aromatic carbocycles. The van der Waals surface area contributed by atoms with Crippen LogP contribution in [0.25, 0.3) is 0 Å². The lowest BCUT2D eigenvalue weighted by Gasteiger charge is -2.35. The summed E-state index contributed by atoms with van der Waals surface area (Å²) in [5.74, 6) is -1.07.